The Morgan fingerprint density at radius 3 is 2.80 bits per heavy atom. The number of thioether (sulfide) groups is 2. The van der Waals surface area contributed by atoms with Crippen molar-refractivity contribution in [3.8, 4) is 0 Å². The van der Waals surface area contributed by atoms with E-state index in [1.165, 1.54) is 49.5 Å². The molecule has 3 heteroatoms. The molecule has 1 nitrogen and oxygen atoms in total. The molecule has 15 heavy (non-hydrogen) atoms. The molecule has 1 fully saturated rings. The standard InChI is InChI=1S/C12H25NS2/c1-3-14-10-6-9-13-11-7-5-8-12(11)15-4-2/h11-13H,3-10H2,1-2H3. The first-order valence-corrected chi connectivity index (χ1v) is 8.51. The van der Waals surface area contributed by atoms with Crippen molar-refractivity contribution in [3.63, 3.8) is 0 Å². The molecule has 0 saturated heterocycles. The molecule has 1 aliphatic rings. The fourth-order valence-corrected chi connectivity index (χ4v) is 4.04. The molecule has 0 bridgehead atoms. The van der Waals surface area contributed by atoms with E-state index in [1.807, 2.05) is 0 Å². The van der Waals surface area contributed by atoms with E-state index >= 15 is 0 Å². The highest BCUT2D eigenvalue weighted by Crippen LogP contribution is 2.29. The summed E-state index contributed by atoms with van der Waals surface area (Å²) in [5, 5.41) is 4.64. The largest absolute Gasteiger partial charge is 0.313 e. The van der Waals surface area contributed by atoms with Crippen molar-refractivity contribution in [1.82, 2.24) is 5.32 Å². The Balaban J connectivity index is 2.03. The van der Waals surface area contributed by atoms with E-state index in [0.717, 1.165) is 11.3 Å². The van der Waals surface area contributed by atoms with E-state index in [0.29, 0.717) is 0 Å². The number of rotatable bonds is 8. The van der Waals surface area contributed by atoms with Crippen LogP contribution in [0.4, 0.5) is 0 Å². The highest BCUT2D eigenvalue weighted by molar-refractivity contribution is 8.00. The van der Waals surface area contributed by atoms with Gasteiger partial charge in [-0.3, -0.25) is 0 Å². The third kappa shape index (κ3) is 5.50. The van der Waals surface area contributed by atoms with Crippen LogP contribution in [-0.4, -0.2) is 35.1 Å². The molecule has 0 heterocycles. The lowest BCUT2D eigenvalue weighted by atomic mass is 10.2. The molecule has 2 unspecified atom stereocenters. The minimum Gasteiger partial charge on any atom is -0.313 e. The van der Waals surface area contributed by atoms with Crippen molar-refractivity contribution in [1.29, 1.82) is 0 Å². The highest BCUT2D eigenvalue weighted by atomic mass is 32.2. The number of hydrogen-bond donors (Lipinski definition) is 1. The molecule has 0 aliphatic heterocycles. The summed E-state index contributed by atoms with van der Waals surface area (Å²) < 4.78 is 0. The Labute approximate surface area is 104 Å². The van der Waals surface area contributed by atoms with Crippen molar-refractivity contribution in [2.45, 2.75) is 50.8 Å². The summed E-state index contributed by atoms with van der Waals surface area (Å²) in [7, 11) is 0. The fourth-order valence-electron chi connectivity index (χ4n) is 2.18. The van der Waals surface area contributed by atoms with Crippen molar-refractivity contribution < 1.29 is 0 Å². The number of hydrogen-bond acceptors (Lipinski definition) is 3. The molecule has 0 radical (unpaired) electrons. The summed E-state index contributed by atoms with van der Waals surface area (Å²) in [5.74, 6) is 3.86. The quantitative estimate of drug-likeness (QED) is 0.660. The zero-order chi connectivity index (χ0) is 10.9. The van der Waals surface area contributed by atoms with Crippen molar-refractivity contribution in [2.24, 2.45) is 0 Å². The molecule has 0 aromatic rings. The Bertz CT molecular complexity index is 153. The first-order valence-electron chi connectivity index (χ1n) is 6.31. The molecule has 0 spiro atoms. The molecule has 1 saturated carbocycles. The third-order valence-electron chi connectivity index (χ3n) is 2.91. The smallest absolute Gasteiger partial charge is 0.0201 e. The average molecular weight is 247 g/mol. The van der Waals surface area contributed by atoms with Crippen LogP contribution in [0.2, 0.25) is 0 Å². The maximum absolute atomic E-state index is 3.74. The van der Waals surface area contributed by atoms with Crippen LogP contribution in [0.1, 0.15) is 39.5 Å². The summed E-state index contributed by atoms with van der Waals surface area (Å²) in [5.41, 5.74) is 0. The monoisotopic (exact) mass is 247 g/mol. The Hall–Kier alpha value is 0.660. The normalized spacial score (nSPS) is 26.0. The van der Waals surface area contributed by atoms with Gasteiger partial charge in [-0.1, -0.05) is 20.3 Å². The van der Waals surface area contributed by atoms with Gasteiger partial charge < -0.3 is 5.32 Å². The van der Waals surface area contributed by atoms with Crippen LogP contribution in [0, 0.1) is 0 Å². The summed E-state index contributed by atoms with van der Waals surface area (Å²) in [6, 6.07) is 0.807. The lowest BCUT2D eigenvalue weighted by molar-refractivity contribution is 0.532. The molecule has 1 N–H and O–H groups in total. The van der Waals surface area contributed by atoms with E-state index in [2.05, 4.69) is 42.7 Å². The second-order valence-corrected chi connectivity index (χ2v) is 6.95. The van der Waals surface area contributed by atoms with Gasteiger partial charge in [0.1, 0.15) is 0 Å². The SMILES string of the molecule is CCSCCCNC1CCCC1SCC. The van der Waals surface area contributed by atoms with Gasteiger partial charge in [0.25, 0.3) is 0 Å². The van der Waals surface area contributed by atoms with Crippen LogP contribution >= 0.6 is 23.5 Å². The average Bonchev–Trinajstić information content (AvgIpc) is 2.66. The summed E-state index contributed by atoms with van der Waals surface area (Å²) in [6.07, 6.45) is 5.59. The van der Waals surface area contributed by atoms with Gasteiger partial charge in [-0.25, -0.2) is 0 Å². The molecule has 2 atom stereocenters. The Morgan fingerprint density at radius 2 is 2.07 bits per heavy atom. The number of nitrogens with one attached hydrogen (secondary N) is 1. The van der Waals surface area contributed by atoms with Crippen LogP contribution < -0.4 is 5.32 Å². The van der Waals surface area contributed by atoms with Crippen LogP contribution in [0.15, 0.2) is 0 Å². The third-order valence-corrected chi connectivity index (χ3v) is 5.22. The van der Waals surface area contributed by atoms with E-state index in [1.54, 1.807) is 0 Å². The lowest BCUT2D eigenvalue weighted by Crippen LogP contribution is -2.35. The molecular formula is C12H25NS2. The van der Waals surface area contributed by atoms with Gasteiger partial charge in [-0.2, -0.15) is 23.5 Å². The summed E-state index contributed by atoms with van der Waals surface area (Å²) in [4.78, 5) is 0. The van der Waals surface area contributed by atoms with Crippen LogP contribution in [0.3, 0.4) is 0 Å². The van der Waals surface area contributed by atoms with Gasteiger partial charge in [0.2, 0.25) is 0 Å². The van der Waals surface area contributed by atoms with Crippen LogP contribution in [0.5, 0.6) is 0 Å². The van der Waals surface area contributed by atoms with Crippen molar-refractivity contribution in [3.05, 3.63) is 0 Å². The first-order chi connectivity index (χ1) is 7.38. The zero-order valence-corrected chi connectivity index (χ0v) is 11.8. The zero-order valence-electron chi connectivity index (χ0n) is 10.1. The molecule has 1 aliphatic carbocycles. The summed E-state index contributed by atoms with van der Waals surface area (Å²) in [6.45, 7) is 5.74. The topological polar surface area (TPSA) is 12.0 Å². The van der Waals surface area contributed by atoms with Gasteiger partial charge in [0.05, 0.1) is 0 Å². The van der Waals surface area contributed by atoms with Crippen LogP contribution in [0.25, 0.3) is 0 Å². The Morgan fingerprint density at radius 1 is 1.20 bits per heavy atom. The van der Waals surface area contributed by atoms with E-state index < -0.39 is 0 Å². The second-order valence-electron chi connectivity index (χ2n) is 4.04. The van der Waals surface area contributed by atoms with E-state index in [9.17, 15) is 0 Å². The van der Waals surface area contributed by atoms with Gasteiger partial charge in [0, 0.05) is 11.3 Å². The van der Waals surface area contributed by atoms with E-state index in [4.69, 9.17) is 0 Å². The van der Waals surface area contributed by atoms with Gasteiger partial charge >= 0.3 is 0 Å². The predicted molar refractivity (Wildman–Crippen MR) is 75.2 cm³/mol. The molecule has 0 amide bonds. The van der Waals surface area contributed by atoms with Crippen molar-refractivity contribution in [2.75, 3.05) is 23.8 Å². The van der Waals surface area contributed by atoms with Crippen molar-refractivity contribution >= 4 is 23.5 Å². The fraction of sp³-hybridized carbons (Fsp3) is 1.00. The first kappa shape index (κ1) is 13.7. The molecule has 1 rings (SSSR count). The predicted octanol–water partition coefficient (Wildman–Crippen LogP) is 3.39. The van der Waals surface area contributed by atoms with Gasteiger partial charge in [-0.05, 0) is 43.1 Å². The highest BCUT2D eigenvalue weighted by Gasteiger charge is 2.25. The maximum atomic E-state index is 3.74. The lowest BCUT2D eigenvalue weighted by Gasteiger charge is -2.20. The minimum absolute atomic E-state index is 0.807. The van der Waals surface area contributed by atoms with Gasteiger partial charge in [-0.15, -0.1) is 0 Å². The minimum atomic E-state index is 0.807. The van der Waals surface area contributed by atoms with Crippen LogP contribution in [-0.2, 0) is 0 Å². The maximum Gasteiger partial charge on any atom is 0.0201 e. The van der Waals surface area contributed by atoms with E-state index in [-0.39, 0.29) is 0 Å². The van der Waals surface area contributed by atoms with Gasteiger partial charge in [0.15, 0.2) is 0 Å². The molecule has 90 valence electrons. The molecule has 0 aromatic carbocycles. The molecular weight excluding hydrogens is 222 g/mol. The Kier molecular flexibility index (Phi) is 8.02. The second kappa shape index (κ2) is 8.77. The summed E-state index contributed by atoms with van der Waals surface area (Å²) >= 11 is 4.20. The molecule has 0 aromatic heterocycles.